The minimum Gasteiger partial charge on any atom is -0.374 e. The number of allylic oxidation sites excluding steroid dienone is 1. The Bertz CT molecular complexity index is 265. The summed E-state index contributed by atoms with van der Waals surface area (Å²) in [4.78, 5) is 2.32. The van der Waals surface area contributed by atoms with Crippen LogP contribution in [0.25, 0.3) is 0 Å². The maximum Gasteiger partial charge on any atom is 0.0891 e. The van der Waals surface area contributed by atoms with Crippen LogP contribution in [0.5, 0.6) is 0 Å². The van der Waals surface area contributed by atoms with Gasteiger partial charge in [0.1, 0.15) is 0 Å². The van der Waals surface area contributed by atoms with Crippen LogP contribution in [0.15, 0.2) is 11.6 Å². The summed E-state index contributed by atoms with van der Waals surface area (Å²) in [5.41, 5.74) is 7.82. The molecular formula is C14H26N2O. The lowest BCUT2D eigenvalue weighted by molar-refractivity contribution is -0.0270. The van der Waals surface area contributed by atoms with Gasteiger partial charge in [-0.3, -0.25) is 0 Å². The van der Waals surface area contributed by atoms with E-state index in [1.54, 1.807) is 0 Å². The Labute approximate surface area is 105 Å². The SMILES string of the molecule is CN1CCOC(C(N)C2=CCCCCCC2)C1. The first-order valence-corrected chi connectivity index (χ1v) is 7.02. The summed E-state index contributed by atoms with van der Waals surface area (Å²) in [6, 6.07) is 0.107. The van der Waals surface area contributed by atoms with Gasteiger partial charge in [-0.1, -0.05) is 24.5 Å². The van der Waals surface area contributed by atoms with Crippen LogP contribution >= 0.6 is 0 Å². The van der Waals surface area contributed by atoms with Crippen molar-refractivity contribution in [2.24, 2.45) is 5.73 Å². The Hall–Kier alpha value is -0.380. The number of morpholine rings is 1. The van der Waals surface area contributed by atoms with Gasteiger partial charge in [0.2, 0.25) is 0 Å². The second kappa shape index (κ2) is 6.53. The quantitative estimate of drug-likeness (QED) is 0.747. The van der Waals surface area contributed by atoms with Gasteiger partial charge in [0.25, 0.3) is 0 Å². The van der Waals surface area contributed by atoms with Crippen molar-refractivity contribution in [3.05, 3.63) is 11.6 Å². The topological polar surface area (TPSA) is 38.5 Å². The molecule has 2 aliphatic rings. The zero-order chi connectivity index (χ0) is 12.1. The van der Waals surface area contributed by atoms with Gasteiger partial charge < -0.3 is 15.4 Å². The molecule has 0 aromatic carbocycles. The number of nitrogens with zero attached hydrogens (tertiary/aromatic N) is 1. The lowest BCUT2D eigenvalue weighted by atomic mass is 9.92. The number of hydrogen-bond donors (Lipinski definition) is 1. The van der Waals surface area contributed by atoms with Crippen LogP contribution < -0.4 is 5.73 Å². The first kappa shape index (κ1) is 13.1. The maximum atomic E-state index is 6.39. The molecule has 1 aliphatic heterocycles. The highest BCUT2D eigenvalue weighted by molar-refractivity contribution is 5.13. The standard InChI is InChI=1S/C14H26N2O/c1-16-9-10-17-13(11-16)14(15)12-7-5-3-2-4-6-8-12/h7,13-14H,2-6,8-11,15H2,1H3. The Morgan fingerprint density at radius 2 is 2.18 bits per heavy atom. The van der Waals surface area contributed by atoms with E-state index in [-0.39, 0.29) is 12.1 Å². The molecule has 1 fully saturated rings. The number of rotatable bonds is 2. The molecule has 0 saturated carbocycles. The second-order valence-electron chi connectivity index (χ2n) is 5.43. The highest BCUT2D eigenvalue weighted by Crippen LogP contribution is 2.22. The third-order valence-electron chi connectivity index (χ3n) is 3.95. The highest BCUT2D eigenvalue weighted by Gasteiger charge is 2.26. The fraction of sp³-hybridized carbons (Fsp3) is 0.857. The van der Waals surface area contributed by atoms with Crippen molar-refractivity contribution in [3.63, 3.8) is 0 Å². The maximum absolute atomic E-state index is 6.39. The highest BCUT2D eigenvalue weighted by atomic mass is 16.5. The molecule has 1 aliphatic carbocycles. The van der Waals surface area contributed by atoms with Gasteiger partial charge in [0.15, 0.2) is 0 Å². The molecule has 1 saturated heterocycles. The molecule has 0 radical (unpaired) electrons. The Morgan fingerprint density at radius 3 is 3.00 bits per heavy atom. The summed E-state index contributed by atoms with van der Waals surface area (Å²) in [6.45, 7) is 2.82. The zero-order valence-corrected chi connectivity index (χ0v) is 11.0. The smallest absolute Gasteiger partial charge is 0.0891 e. The second-order valence-corrected chi connectivity index (χ2v) is 5.43. The summed E-state index contributed by atoms with van der Waals surface area (Å²) >= 11 is 0. The summed E-state index contributed by atoms with van der Waals surface area (Å²) in [7, 11) is 2.15. The molecule has 0 aromatic heterocycles. The molecule has 0 spiro atoms. The van der Waals surface area contributed by atoms with Gasteiger partial charge in [-0.15, -0.1) is 0 Å². The van der Waals surface area contributed by atoms with Crippen LogP contribution in [-0.4, -0.2) is 43.8 Å². The molecule has 3 nitrogen and oxygen atoms in total. The molecule has 0 bridgehead atoms. The van der Waals surface area contributed by atoms with Gasteiger partial charge in [-0.2, -0.15) is 0 Å². The lowest BCUT2D eigenvalue weighted by Gasteiger charge is -2.35. The lowest BCUT2D eigenvalue weighted by Crippen LogP contribution is -2.50. The van der Waals surface area contributed by atoms with Crippen molar-refractivity contribution in [1.29, 1.82) is 0 Å². The van der Waals surface area contributed by atoms with Gasteiger partial charge in [-0.25, -0.2) is 0 Å². The Kier molecular flexibility index (Phi) is 5.01. The van der Waals surface area contributed by atoms with Gasteiger partial charge in [0.05, 0.1) is 18.8 Å². The summed E-state index contributed by atoms with van der Waals surface area (Å²) in [5, 5.41) is 0. The third kappa shape index (κ3) is 3.80. The molecule has 2 unspecified atom stereocenters. The molecule has 17 heavy (non-hydrogen) atoms. The van der Waals surface area contributed by atoms with Gasteiger partial charge >= 0.3 is 0 Å². The minimum absolute atomic E-state index is 0.107. The molecule has 2 rings (SSSR count). The van der Waals surface area contributed by atoms with E-state index < -0.39 is 0 Å². The van der Waals surface area contributed by atoms with E-state index in [2.05, 4.69) is 18.0 Å². The molecular weight excluding hydrogens is 212 g/mol. The summed E-state index contributed by atoms with van der Waals surface area (Å²) in [5.74, 6) is 0. The first-order valence-electron chi connectivity index (χ1n) is 7.02. The van der Waals surface area contributed by atoms with Crippen LogP contribution in [0.2, 0.25) is 0 Å². The predicted molar refractivity (Wildman–Crippen MR) is 71.0 cm³/mol. The molecule has 0 aromatic rings. The monoisotopic (exact) mass is 238 g/mol. The van der Waals surface area contributed by atoms with Crippen LogP contribution in [0.3, 0.4) is 0 Å². The van der Waals surface area contributed by atoms with Crippen molar-refractivity contribution < 1.29 is 4.74 Å². The van der Waals surface area contributed by atoms with E-state index in [4.69, 9.17) is 10.5 Å². The van der Waals surface area contributed by atoms with Crippen molar-refractivity contribution in [2.75, 3.05) is 26.7 Å². The van der Waals surface area contributed by atoms with Crippen molar-refractivity contribution in [1.82, 2.24) is 4.90 Å². The fourth-order valence-corrected chi connectivity index (χ4v) is 2.79. The largest absolute Gasteiger partial charge is 0.374 e. The van der Waals surface area contributed by atoms with E-state index in [1.165, 1.54) is 44.1 Å². The Balaban J connectivity index is 1.94. The zero-order valence-electron chi connectivity index (χ0n) is 11.0. The molecule has 3 heteroatoms. The normalized spacial score (nSPS) is 30.2. The number of hydrogen-bond acceptors (Lipinski definition) is 3. The fourth-order valence-electron chi connectivity index (χ4n) is 2.79. The van der Waals surface area contributed by atoms with Crippen LogP contribution in [0.4, 0.5) is 0 Å². The van der Waals surface area contributed by atoms with Crippen molar-refractivity contribution in [2.45, 2.75) is 50.7 Å². The summed E-state index contributed by atoms with van der Waals surface area (Å²) in [6.07, 6.45) is 10.3. The predicted octanol–water partition coefficient (Wildman–Crippen LogP) is 1.92. The molecule has 1 heterocycles. The van der Waals surface area contributed by atoms with E-state index in [0.717, 1.165) is 19.7 Å². The first-order chi connectivity index (χ1) is 8.27. The average molecular weight is 238 g/mol. The van der Waals surface area contributed by atoms with Gasteiger partial charge in [0, 0.05) is 13.1 Å². The van der Waals surface area contributed by atoms with E-state index in [0.29, 0.717) is 0 Å². The molecule has 98 valence electrons. The minimum atomic E-state index is 0.107. The number of likely N-dealkylation sites (N-methyl/N-ethyl adjacent to an activating group) is 1. The molecule has 2 N–H and O–H groups in total. The molecule has 2 atom stereocenters. The van der Waals surface area contributed by atoms with Crippen LogP contribution in [0.1, 0.15) is 38.5 Å². The number of ether oxygens (including phenoxy) is 1. The third-order valence-corrected chi connectivity index (χ3v) is 3.95. The Morgan fingerprint density at radius 1 is 1.35 bits per heavy atom. The summed E-state index contributed by atoms with van der Waals surface area (Å²) < 4.78 is 5.83. The average Bonchev–Trinajstić information content (AvgIpc) is 2.28. The van der Waals surface area contributed by atoms with E-state index in [1.807, 2.05) is 0 Å². The van der Waals surface area contributed by atoms with Crippen molar-refractivity contribution >= 4 is 0 Å². The van der Waals surface area contributed by atoms with Crippen LogP contribution in [0, 0.1) is 0 Å². The van der Waals surface area contributed by atoms with Gasteiger partial charge in [-0.05, 0) is 32.7 Å². The van der Waals surface area contributed by atoms with E-state index >= 15 is 0 Å². The van der Waals surface area contributed by atoms with Crippen molar-refractivity contribution in [3.8, 4) is 0 Å². The molecule has 0 amide bonds. The number of nitrogens with two attached hydrogens (primary N) is 1. The van der Waals surface area contributed by atoms with Crippen LogP contribution in [-0.2, 0) is 4.74 Å². The van der Waals surface area contributed by atoms with E-state index in [9.17, 15) is 0 Å².